The van der Waals surface area contributed by atoms with Crippen LogP contribution in [0.2, 0.25) is 0 Å². The lowest BCUT2D eigenvalue weighted by molar-refractivity contribution is -0.274. The van der Waals surface area contributed by atoms with E-state index in [-0.39, 0.29) is 35.9 Å². The Kier molecular flexibility index (Phi) is 8.87. The van der Waals surface area contributed by atoms with Gasteiger partial charge in [0, 0.05) is 29.9 Å². The molecule has 4 aromatic rings. The maximum atomic E-state index is 13.5. The predicted octanol–water partition coefficient (Wildman–Crippen LogP) is 6.69. The lowest BCUT2D eigenvalue weighted by atomic mass is 10.1. The van der Waals surface area contributed by atoms with Gasteiger partial charge in [-0.2, -0.15) is 13.2 Å². The van der Waals surface area contributed by atoms with E-state index >= 15 is 0 Å². The van der Waals surface area contributed by atoms with Crippen LogP contribution in [0.5, 0.6) is 11.5 Å². The quantitative estimate of drug-likeness (QED) is 0.217. The Hall–Kier alpha value is -3.62. The van der Waals surface area contributed by atoms with Crippen LogP contribution < -0.4 is 20.1 Å². The number of hydrogen-bond acceptors (Lipinski definition) is 6. The number of ether oxygens (including phenoxy) is 2. The molecule has 7 nitrogen and oxygen atoms in total. The summed E-state index contributed by atoms with van der Waals surface area (Å²) in [6, 6.07) is 11.5. The summed E-state index contributed by atoms with van der Waals surface area (Å²) in [5.41, 5.74) is 0.211. The molecule has 0 spiro atoms. The minimum absolute atomic E-state index is 0. The first-order chi connectivity index (χ1) is 18.2. The van der Waals surface area contributed by atoms with E-state index in [2.05, 4.69) is 15.4 Å². The summed E-state index contributed by atoms with van der Waals surface area (Å²) in [5.74, 6) is -0.488. The number of fused-ring (bicyclic) bond motifs is 1. The van der Waals surface area contributed by atoms with Crippen molar-refractivity contribution in [2.24, 2.45) is 0 Å². The van der Waals surface area contributed by atoms with Crippen molar-refractivity contribution in [1.29, 1.82) is 0 Å². The van der Waals surface area contributed by atoms with Crippen LogP contribution in [0.3, 0.4) is 0 Å². The first kappa shape index (κ1) is 30.9. The van der Waals surface area contributed by atoms with E-state index in [1.165, 1.54) is 25.4 Å². The molecule has 40 heavy (non-hydrogen) atoms. The number of benzene rings is 3. The third-order valence-corrected chi connectivity index (χ3v) is 7.29. The standard InChI is InChI=1S/C25H21F6N3O4S.ClH/c1-32-13-15-14-34(39(35,36)19-5-3-4-16(10-19)24(26,27)28)22-11-17(6-8-20(15)22)33-21-9-7-18(12-23(21)37-2)38-25(29,30)31;/h3-12,14,32-33H,13H2,1-2H3;1H. The van der Waals surface area contributed by atoms with Crippen molar-refractivity contribution in [1.82, 2.24) is 9.29 Å². The summed E-state index contributed by atoms with van der Waals surface area (Å²) < 4.78 is 114. The fourth-order valence-corrected chi connectivity index (χ4v) is 5.38. The van der Waals surface area contributed by atoms with Gasteiger partial charge in [-0.3, -0.25) is 0 Å². The lowest BCUT2D eigenvalue weighted by Gasteiger charge is -2.15. The minimum atomic E-state index is -4.90. The van der Waals surface area contributed by atoms with Crippen molar-refractivity contribution in [3.63, 3.8) is 0 Å². The first-order valence-electron chi connectivity index (χ1n) is 11.1. The van der Waals surface area contributed by atoms with Crippen LogP contribution in [-0.2, 0) is 22.7 Å². The number of halogens is 7. The Morgan fingerprint density at radius 3 is 2.30 bits per heavy atom. The van der Waals surface area contributed by atoms with Gasteiger partial charge in [-0.05, 0) is 55.1 Å². The van der Waals surface area contributed by atoms with E-state index in [0.29, 0.717) is 22.7 Å². The highest BCUT2D eigenvalue weighted by atomic mass is 35.5. The van der Waals surface area contributed by atoms with E-state index < -0.39 is 38.8 Å². The number of rotatable bonds is 8. The fourth-order valence-electron chi connectivity index (χ4n) is 3.95. The molecule has 0 bridgehead atoms. The fraction of sp³-hybridized carbons (Fsp3) is 0.200. The van der Waals surface area contributed by atoms with Crippen LogP contribution in [-0.4, -0.2) is 32.9 Å². The maximum absolute atomic E-state index is 13.5. The molecule has 0 fully saturated rings. The Morgan fingerprint density at radius 2 is 1.68 bits per heavy atom. The summed E-state index contributed by atoms with van der Waals surface area (Å²) in [6.07, 6.45) is -8.31. The zero-order chi connectivity index (χ0) is 28.6. The van der Waals surface area contributed by atoms with Crippen LogP contribution >= 0.6 is 12.4 Å². The predicted molar refractivity (Wildman–Crippen MR) is 139 cm³/mol. The van der Waals surface area contributed by atoms with E-state index in [1.54, 1.807) is 19.2 Å². The molecule has 0 aliphatic rings. The highest BCUT2D eigenvalue weighted by Crippen LogP contribution is 2.36. The van der Waals surface area contributed by atoms with Crippen molar-refractivity contribution in [3.8, 4) is 11.5 Å². The molecule has 0 saturated carbocycles. The largest absolute Gasteiger partial charge is 0.573 e. The second-order valence-electron chi connectivity index (χ2n) is 8.28. The van der Waals surface area contributed by atoms with Gasteiger partial charge in [0.15, 0.2) is 0 Å². The smallest absolute Gasteiger partial charge is 0.494 e. The van der Waals surface area contributed by atoms with E-state index in [0.717, 1.165) is 34.3 Å². The lowest BCUT2D eigenvalue weighted by Crippen LogP contribution is -2.17. The summed E-state index contributed by atoms with van der Waals surface area (Å²) in [7, 11) is -1.56. The molecule has 3 aromatic carbocycles. The minimum Gasteiger partial charge on any atom is -0.494 e. The van der Waals surface area contributed by atoms with Crippen molar-refractivity contribution < 1.29 is 44.2 Å². The van der Waals surface area contributed by atoms with E-state index in [9.17, 15) is 34.8 Å². The van der Waals surface area contributed by atoms with Crippen molar-refractivity contribution in [2.45, 2.75) is 24.0 Å². The molecule has 0 amide bonds. The molecule has 4 rings (SSSR count). The van der Waals surface area contributed by atoms with Gasteiger partial charge in [-0.1, -0.05) is 12.1 Å². The Morgan fingerprint density at radius 1 is 0.950 bits per heavy atom. The van der Waals surface area contributed by atoms with Crippen LogP contribution in [0, 0.1) is 0 Å². The molecule has 216 valence electrons. The average Bonchev–Trinajstić information content (AvgIpc) is 3.22. The summed E-state index contributed by atoms with van der Waals surface area (Å²) in [4.78, 5) is -0.550. The van der Waals surface area contributed by atoms with Gasteiger partial charge in [0.2, 0.25) is 0 Å². The molecule has 0 radical (unpaired) electrons. The Labute approximate surface area is 231 Å². The van der Waals surface area contributed by atoms with Gasteiger partial charge in [0.05, 0.1) is 28.8 Å². The highest BCUT2D eigenvalue weighted by Gasteiger charge is 2.33. The van der Waals surface area contributed by atoms with Gasteiger partial charge in [0.1, 0.15) is 11.5 Å². The number of hydrogen-bond donors (Lipinski definition) is 2. The molecule has 0 aliphatic carbocycles. The second-order valence-corrected chi connectivity index (χ2v) is 10.1. The monoisotopic (exact) mass is 609 g/mol. The average molecular weight is 610 g/mol. The Bertz CT molecular complexity index is 1620. The van der Waals surface area contributed by atoms with Crippen LogP contribution in [0.4, 0.5) is 37.7 Å². The molecule has 0 unspecified atom stereocenters. The van der Waals surface area contributed by atoms with E-state index in [1.807, 2.05) is 0 Å². The molecule has 2 N–H and O–H groups in total. The summed E-state index contributed by atoms with van der Waals surface area (Å²) >= 11 is 0. The number of nitrogens with zero attached hydrogens (tertiary/aromatic N) is 1. The van der Waals surface area contributed by atoms with E-state index in [4.69, 9.17) is 4.74 Å². The molecule has 1 aromatic heterocycles. The first-order valence-corrected chi connectivity index (χ1v) is 12.6. The van der Waals surface area contributed by atoms with Gasteiger partial charge in [-0.15, -0.1) is 25.6 Å². The molecule has 1 heterocycles. The molecule has 0 saturated heterocycles. The molecule has 0 atom stereocenters. The second kappa shape index (κ2) is 11.5. The SMILES string of the molecule is CNCc1cn(S(=O)(=O)c2cccc(C(F)(F)F)c2)c2cc(Nc3ccc(OC(F)(F)F)cc3OC)ccc12.Cl. The Balaban J connectivity index is 0.00000441. The number of aromatic nitrogens is 1. The third-order valence-electron chi connectivity index (χ3n) is 5.63. The molecule has 15 heteroatoms. The zero-order valence-corrected chi connectivity index (χ0v) is 22.4. The highest BCUT2D eigenvalue weighted by molar-refractivity contribution is 7.90. The number of nitrogens with one attached hydrogen (secondary N) is 2. The number of anilines is 2. The van der Waals surface area contributed by atoms with Crippen molar-refractivity contribution in [3.05, 3.63) is 78.0 Å². The summed E-state index contributed by atoms with van der Waals surface area (Å²) in [6.45, 7) is 0.267. The van der Waals surface area contributed by atoms with Gasteiger partial charge < -0.3 is 20.1 Å². The molecular formula is C25H22ClF6N3O4S. The molecular weight excluding hydrogens is 588 g/mol. The number of methoxy groups -OCH3 is 1. The normalized spacial score (nSPS) is 12.2. The molecule has 0 aliphatic heterocycles. The van der Waals surface area contributed by atoms with Gasteiger partial charge in [0.25, 0.3) is 10.0 Å². The van der Waals surface area contributed by atoms with Gasteiger partial charge in [-0.25, -0.2) is 12.4 Å². The number of alkyl halides is 6. The van der Waals surface area contributed by atoms with Crippen LogP contribution in [0.1, 0.15) is 11.1 Å². The van der Waals surface area contributed by atoms with Crippen LogP contribution in [0.25, 0.3) is 10.9 Å². The van der Waals surface area contributed by atoms with Crippen molar-refractivity contribution in [2.75, 3.05) is 19.5 Å². The van der Waals surface area contributed by atoms with Gasteiger partial charge >= 0.3 is 12.5 Å². The van der Waals surface area contributed by atoms with Crippen LogP contribution in [0.15, 0.2) is 71.8 Å². The zero-order valence-electron chi connectivity index (χ0n) is 20.7. The third kappa shape index (κ3) is 6.57. The topological polar surface area (TPSA) is 81.6 Å². The van der Waals surface area contributed by atoms with Crippen molar-refractivity contribution >= 4 is 44.7 Å². The maximum Gasteiger partial charge on any atom is 0.573 e. The summed E-state index contributed by atoms with van der Waals surface area (Å²) in [5, 5.41) is 6.40.